The standard InChI is InChI=1S/C25H23ClF3N3O3S/c1-35-23(33)16-7-5-15(6-8-16)22-30-13-20(36-22)14-9-11-17(12-10-14)31-24(34)32-21-18(25(27,28)29)3-2-4-19(21)26/h2-4,9-13,15-16H,5-8H2,1H3,(H2,31,32,34). The zero-order chi connectivity index (χ0) is 25.9. The van der Waals surface area contributed by atoms with E-state index in [1.165, 1.54) is 19.2 Å². The predicted octanol–water partition coefficient (Wildman–Crippen LogP) is 7.57. The molecule has 2 N–H and O–H groups in total. The summed E-state index contributed by atoms with van der Waals surface area (Å²) in [5, 5.41) is 5.53. The molecule has 1 aromatic heterocycles. The molecule has 2 amide bonds. The minimum absolute atomic E-state index is 0.0408. The minimum Gasteiger partial charge on any atom is -0.469 e. The molecule has 4 rings (SSSR count). The normalized spacial score (nSPS) is 17.9. The van der Waals surface area contributed by atoms with E-state index in [0.717, 1.165) is 47.2 Å². The van der Waals surface area contributed by atoms with E-state index in [-0.39, 0.29) is 16.9 Å². The van der Waals surface area contributed by atoms with Gasteiger partial charge in [0.2, 0.25) is 0 Å². The Bertz CT molecular complexity index is 1240. The molecule has 1 heterocycles. The third kappa shape index (κ3) is 5.99. The minimum atomic E-state index is -4.66. The van der Waals surface area contributed by atoms with E-state index in [4.69, 9.17) is 16.3 Å². The lowest BCUT2D eigenvalue weighted by atomic mass is 9.82. The average Bonchev–Trinajstić information content (AvgIpc) is 3.35. The Hall–Kier alpha value is -3.11. The number of esters is 1. The Morgan fingerprint density at radius 1 is 1.06 bits per heavy atom. The van der Waals surface area contributed by atoms with Crippen LogP contribution in [0.15, 0.2) is 48.7 Å². The van der Waals surface area contributed by atoms with Crippen LogP contribution in [-0.4, -0.2) is 24.1 Å². The summed E-state index contributed by atoms with van der Waals surface area (Å²) in [6, 6.07) is 9.38. The number of urea groups is 1. The summed E-state index contributed by atoms with van der Waals surface area (Å²) < 4.78 is 44.6. The third-order valence-corrected chi connectivity index (χ3v) is 7.64. The number of methoxy groups -OCH3 is 1. The highest BCUT2D eigenvalue weighted by Gasteiger charge is 2.35. The molecule has 0 saturated heterocycles. The molecule has 36 heavy (non-hydrogen) atoms. The number of rotatable bonds is 5. The van der Waals surface area contributed by atoms with E-state index < -0.39 is 23.5 Å². The van der Waals surface area contributed by atoms with E-state index in [1.807, 2.05) is 0 Å². The molecule has 6 nitrogen and oxygen atoms in total. The summed E-state index contributed by atoms with van der Waals surface area (Å²) in [5.41, 5.74) is -0.222. The number of nitrogens with zero attached hydrogens (tertiary/aromatic N) is 1. The monoisotopic (exact) mass is 537 g/mol. The maximum atomic E-state index is 13.2. The van der Waals surface area contributed by atoms with Crippen molar-refractivity contribution in [2.24, 2.45) is 5.92 Å². The SMILES string of the molecule is COC(=O)C1CCC(c2ncc(-c3ccc(NC(=O)Nc4c(Cl)cccc4C(F)(F)F)cc3)s2)CC1. The molecular formula is C25H23ClF3N3O3S. The van der Waals surface area contributed by atoms with Crippen molar-refractivity contribution in [1.29, 1.82) is 0 Å². The van der Waals surface area contributed by atoms with Gasteiger partial charge in [-0.15, -0.1) is 11.3 Å². The first-order valence-electron chi connectivity index (χ1n) is 11.2. The smallest absolute Gasteiger partial charge is 0.418 e. The zero-order valence-electron chi connectivity index (χ0n) is 19.2. The van der Waals surface area contributed by atoms with E-state index >= 15 is 0 Å². The van der Waals surface area contributed by atoms with Crippen LogP contribution in [0.2, 0.25) is 5.02 Å². The molecule has 1 fully saturated rings. The fraction of sp³-hybridized carbons (Fsp3) is 0.320. The zero-order valence-corrected chi connectivity index (χ0v) is 20.8. The number of anilines is 2. The van der Waals surface area contributed by atoms with Crippen LogP contribution in [0.1, 0.15) is 42.2 Å². The number of hydrogen-bond acceptors (Lipinski definition) is 5. The molecule has 11 heteroatoms. The first kappa shape index (κ1) is 26.0. The molecule has 3 aromatic rings. The number of aromatic nitrogens is 1. The Morgan fingerprint density at radius 3 is 2.39 bits per heavy atom. The number of nitrogens with one attached hydrogen (secondary N) is 2. The molecule has 0 aliphatic heterocycles. The van der Waals surface area contributed by atoms with Crippen LogP contribution in [0.3, 0.4) is 0 Å². The lowest BCUT2D eigenvalue weighted by molar-refractivity contribution is -0.146. The van der Waals surface area contributed by atoms with Crippen molar-refractivity contribution in [1.82, 2.24) is 4.98 Å². The molecule has 0 spiro atoms. The van der Waals surface area contributed by atoms with Gasteiger partial charge in [-0.2, -0.15) is 13.2 Å². The number of alkyl halides is 3. The fourth-order valence-corrected chi connectivity index (χ4v) is 5.55. The second kappa shape index (κ2) is 10.9. The predicted molar refractivity (Wildman–Crippen MR) is 133 cm³/mol. The molecular weight excluding hydrogens is 515 g/mol. The Balaban J connectivity index is 1.38. The topological polar surface area (TPSA) is 80.3 Å². The van der Waals surface area contributed by atoms with Crippen molar-refractivity contribution in [2.45, 2.75) is 37.8 Å². The number of carbonyl (C=O) groups is 2. The number of halogens is 4. The number of thiazole rings is 1. The first-order chi connectivity index (χ1) is 17.2. The summed E-state index contributed by atoms with van der Waals surface area (Å²) >= 11 is 7.48. The van der Waals surface area contributed by atoms with E-state index in [1.54, 1.807) is 41.8 Å². The van der Waals surface area contributed by atoms with Crippen molar-refractivity contribution < 1.29 is 27.5 Å². The molecule has 0 radical (unpaired) electrons. The van der Waals surface area contributed by atoms with Gasteiger partial charge in [-0.05, 0) is 55.5 Å². The maximum absolute atomic E-state index is 13.2. The highest BCUT2D eigenvalue weighted by Crippen LogP contribution is 2.40. The van der Waals surface area contributed by atoms with Gasteiger partial charge in [0.15, 0.2) is 0 Å². The highest BCUT2D eigenvalue weighted by molar-refractivity contribution is 7.15. The van der Waals surface area contributed by atoms with Gasteiger partial charge in [0.1, 0.15) is 0 Å². The van der Waals surface area contributed by atoms with E-state index in [9.17, 15) is 22.8 Å². The maximum Gasteiger partial charge on any atom is 0.418 e. The quantitative estimate of drug-likeness (QED) is 0.329. The van der Waals surface area contributed by atoms with Gasteiger partial charge >= 0.3 is 18.2 Å². The highest BCUT2D eigenvalue weighted by atomic mass is 35.5. The van der Waals surface area contributed by atoms with Crippen molar-refractivity contribution in [3.63, 3.8) is 0 Å². The summed E-state index contributed by atoms with van der Waals surface area (Å²) in [6.07, 6.45) is 0.472. The summed E-state index contributed by atoms with van der Waals surface area (Å²) in [7, 11) is 1.41. The lowest BCUT2D eigenvalue weighted by Gasteiger charge is -2.25. The van der Waals surface area contributed by atoms with E-state index in [0.29, 0.717) is 11.6 Å². The Morgan fingerprint density at radius 2 is 1.75 bits per heavy atom. The number of benzene rings is 2. The molecule has 0 unspecified atom stereocenters. The van der Waals surface area contributed by atoms with Gasteiger partial charge in [0.05, 0.1) is 39.2 Å². The van der Waals surface area contributed by atoms with Gasteiger partial charge in [-0.3, -0.25) is 4.79 Å². The second-order valence-corrected chi connectivity index (χ2v) is 9.92. The molecule has 0 bridgehead atoms. The summed E-state index contributed by atoms with van der Waals surface area (Å²) in [4.78, 5) is 29.6. The number of para-hydroxylation sites is 1. The van der Waals surface area contributed by atoms with E-state index in [2.05, 4.69) is 15.6 Å². The number of hydrogen-bond donors (Lipinski definition) is 2. The molecule has 2 aromatic carbocycles. The summed E-state index contributed by atoms with van der Waals surface area (Å²) in [6.45, 7) is 0. The number of carbonyl (C=O) groups excluding carboxylic acids is 2. The van der Waals surface area contributed by atoms with Crippen LogP contribution >= 0.6 is 22.9 Å². The number of ether oxygens (including phenoxy) is 1. The van der Waals surface area contributed by atoms with Crippen LogP contribution in [0.25, 0.3) is 10.4 Å². The first-order valence-corrected chi connectivity index (χ1v) is 12.4. The van der Waals surface area contributed by atoms with Gasteiger partial charge in [-0.1, -0.05) is 29.8 Å². The second-order valence-electron chi connectivity index (χ2n) is 8.45. The summed E-state index contributed by atoms with van der Waals surface area (Å²) in [5.74, 6) is 0.116. The van der Waals surface area contributed by atoms with Gasteiger partial charge in [-0.25, -0.2) is 9.78 Å². The van der Waals surface area contributed by atoms with Crippen molar-refractivity contribution in [3.8, 4) is 10.4 Å². The van der Waals surface area contributed by atoms with Crippen molar-refractivity contribution in [2.75, 3.05) is 17.7 Å². The van der Waals surface area contributed by atoms with Gasteiger partial charge in [0.25, 0.3) is 0 Å². The number of amides is 2. The molecule has 1 aliphatic rings. The van der Waals surface area contributed by atoms with Crippen molar-refractivity contribution in [3.05, 3.63) is 64.3 Å². The fourth-order valence-electron chi connectivity index (χ4n) is 4.23. The molecule has 0 atom stereocenters. The average molecular weight is 538 g/mol. The van der Waals surface area contributed by atoms with Crippen LogP contribution in [-0.2, 0) is 15.7 Å². The van der Waals surface area contributed by atoms with Crippen LogP contribution in [0.4, 0.5) is 29.3 Å². The largest absolute Gasteiger partial charge is 0.469 e. The Kier molecular flexibility index (Phi) is 7.85. The molecule has 1 saturated carbocycles. The molecule has 1 aliphatic carbocycles. The van der Waals surface area contributed by atoms with Crippen LogP contribution in [0, 0.1) is 5.92 Å². The third-order valence-electron chi connectivity index (χ3n) is 6.12. The molecule has 190 valence electrons. The van der Waals surface area contributed by atoms with Crippen molar-refractivity contribution >= 4 is 46.3 Å². The Labute approximate surface area is 214 Å². The van der Waals surface area contributed by atoms with Crippen LogP contribution in [0.5, 0.6) is 0 Å². The lowest BCUT2D eigenvalue weighted by Crippen LogP contribution is -2.22. The van der Waals surface area contributed by atoms with Gasteiger partial charge in [0, 0.05) is 17.8 Å². The van der Waals surface area contributed by atoms with Gasteiger partial charge < -0.3 is 15.4 Å². The van der Waals surface area contributed by atoms with Crippen LogP contribution < -0.4 is 10.6 Å².